The molecule has 2 heterocycles. The molecule has 0 spiro atoms. The van der Waals surface area contributed by atoms with E-state index < -0.39 is 0 Å². The van der Waals surface area contributed by atoms with Crippen molar-refractivity contribution in [3.63, 3.8) is 0 Å². The van der Waals surface area contributed by atoms with Crippen LogP contribution in [0.4, 0.5) is 5.69 Å². The first kappa shape index (κ1) is 21.8. The van der Waals surface area contributed by atoms with Crippen molar-refractivity contribution < 1.29 is 4.79 Å². The Morgan fingerprint density at radius 3 is 2.55 bits per heavy atom. The van der Waals surface area contributed by atoms with Crippen LogP contribution < -0.4 is 5.32 Å². The first-order valence-corrected chi connectivity index (χ1v) is 12.7. The van der Waals surface area contributed by atoms with E-state index in [0.29, 0.717) is 15.2 Å². The molecular formula is C22H18N4OS4. The van der Waals surface area contributed by atoms with Gasteiger partial charge in [-0.1, -0.05) is 53.4 Å². The number of hydrogen-bond acceptors (Lipinski definition) is 7. The SMILES string of the molecule is CSc1ccc(NC(=O)c2ccc(-n3nc(SCc4ccccc4)sc3=S)cc2)cn1. The molecule has 4 aromatic rings. The average Bonchev–Trinajstić information content (AvgIpc) is 3.19. The van der Waals surface area contributed by atoms with E-state index in [-0.39, 0.29) is 5.91 Å². The fourth-order valence-electron chi connectivity index (χ4n) is 2.73. The van der Waals surface area contributed by atoms with E-state index >= 15 is 0 Å². The fourth-order valence-corrected chi connectivity index (χ4v) is 5.41. The number of hydrogen-bond donors (Lipinski definition) is 1. The zero-order chi connectivity index (χ0) is 21.6. The second-order valence-electron chi connectivity index (χ2n) is 6.41. The summed E-state index contributed by atoms with van der Waals surface area (Å²) in [5.74, 6) is 0.654. The monoisotopic (exact) mass is 482 g/mol. The number of aromatic nitrogens is 3. The molecule has 0 aliphatic carbocycles. The van der Waals surface area contributed by atoms with Crippen LogP contribution in [0.3, 0.4) is 0 Å². The van der Waals surface area contributed by atoms with Crippen molar-refractivity contribution in [1.82, 2.24) is 14.8 Å². The number of rotatable bonds is 7. The minimum absolute atomic E-state index is 0.189. The summed E-state index contributed by atoms with van der Waals surface area (Å²) in [4.78, 5) is 16.8. The number of pyridine rings is 1. The maximum atomic E-state index is 12.5. The molecule has 156 valence electrons. The van der Waals surface area contributed by atoms with E-state index in [0.717, 1.165) is 20.8 Å². The third-order valence-electron chi connectivity index (χ3n) is 4.31. The highest BCUT2D eigenvalue weighted by Gasteiger charge is 2.10. The van der Waals surface area contributed by atoms with Gasteiger partial charge in [-0.15, -0.1) is 16.9 Å². The summed E-state index contributed by atoms with van der Waals surface area (Å²) in [6, 6.07) is 21.2. The number of carbonyl (C=O) groups excluding carboxylic acids is 1. The van der Waals surface area contributed by atoms with E-state index in [1.807, 2.05) is 48.7 Å². The molecule has 0 bridgehead atoms. The van der Waals surface area contributed by atoms with Crippen molar-refractivity contribution in [2.75, 3.05) is 11.6 Å². The lowest BCUT2D eigenvalue weighted by molar-refractivity contribution is 0.102. The van der Waals surface area contributed by atoms with Gasteiger partial charge < -0.3 is 5.32 Å². The predicted octanol–water partition coefficient (Wildman–Crippen LogP) is 6.32. The Hall–Kier alpha value is -2.46. The van der Waals surface area contributed by atoms with Crippen molar-refractivity contribution in [1.29, 1.82) is 0 Å². The first-order chi connectivity index (χ1) is 15.1. The second kappa shape index (κ2) is 10.2. The smallest absolute Gasteiger partial charge is 0.255 e. The molecule has 31 heavy (non-hydrogen) atoms. The van der Waals surface area contributed by atoms with Crippen LogP contribution in [0.25, 0.3) is 5.69 Å². The van der Waals surface area contributed by atoms with Gasteiger partial charge in [0.1, 0.15) is 0 Å². The zero-order valence-electron chi connectivity index (χ0n) is 16.5. The molecule has 0 saturated carbocycles. The number of nitrogens with zero attached hydrogens (tertiary/aromatic N) is 3. The van der Waals surface area contributed by atoms with Crippen LogP contribution in [0.2, 0.25) is 0 Å². The van der Waals surface area contributed by atoms with Crippen LogP contribution in [-0.2, 0) is 5.75 Å². The first-order valence-electron chi connectivity index (χ1n) is 9.31. The lowest BCUT2D eigenvalue weighted by Crippen LogP contribution is -2.12. The predicted molar refractivity (Wildman–Crippen MR) is 132 cm³/mol. The summed E-state index contributed by atoms with van der Waals surface area (Å²) < 4.78 is 3.32. The lowest BCUT2D eigenvalue weighted by Gasteiger charge is -2.06. The Balaban J connectivity index is 1.43. The Morgan fingerprint density at radius 1 is 1.10 bits per heavy atom. The van der Waals surface area contributed by atoms with Gasteiger partial charge in [-0.2, -0.15) is 0 Å². The molecule has 0 aliphatic rings. The van der Waals surface area contributed by atoms with Gasteiger partial charge in [0.05, 0.1) is 22.6 Å². The van der Waals surface area contributed by atoms with E-state index in [2.05, 4.69) is 27.5 Å². The van der Waals surface area contributed by atoms with Crippen LogP contribution in [-0.4, -0.2) is 26.9 Å². The van der Waals surface area contributed by atoms with Gasteiger partial charge in [0, 0.05) is 11.3 Å². The third kappa shape index (κ3) is 5.62. The van der Waals surface area contributed by atoms with Crippen molar-refractivity contribution in [3.05, 3.63) is 88.0 Å². The standard InChI is InChI=1S/C22H18N4OS4/c1-29-19-12-9-17(13-23-19)24-20(27)16-7-10-18(11-8-16)26-22(28)31-21(25-26)30-14-15-5-3-2-4-6-15/h2-13H,14H2,1H3,(H,24,27). The van der Waals surface area contributed by atoms with Gasteiger partial charge in [-0.25, -0.2) is 9.67 Å². The molecule has 1 amide bonds. The summed E-state index contributed by atoms with van der Waals surface area (Å²) in [6.45, 7) is 0. The number of thioether (sulfide) groups is 2. The van der Waals surface area contributed by atoms with Gasteiger partial charge >= 0.3 is 0 Å². The van der Waals surface area contributed by atoms with E-state index in [9.17, 15) is 4.79 Å². The lowest BCUT2D eigenvalue weighted by atomic mass is 10.2. The van der Waals surface area contributed by atoms with E-state index in [1.165, 1.54) is 16.9 Å². The number of anilines is 1. The maximum absolute atomic E-state index is 12.5. The van der Waals surface area contributed by atoms with Crippen LogP contribution in [0.15, 0.2) is 82.3 Å². The molecule has 0 atom stereocenters. The van der Waals surface area contributed by atoms with Crippen LogP contribution in [0, 0.1) is 3.95 Å². The number of benzene rings is 2. The second-order valence-corrected chi connectivity index (χ2v) is 10.1. The number of carbonyl (C=O) groups is 1. The van der Waals surface area contributed by atoms with Gasteiger partial charge in [0.2, 0.25) is 0 Å². The maximum Gasteiger partial charge on any atom is 0.255 e. The van der Waals surface area contributed by atoms with Crippen LogP contribution in [0.1, 0.15) is 15.9 Å². The van der Waals surface area contributed by atoms with Gasteiger partial charge in [0.25, 0.3) is 5.91 Å². The largest absolute Gasteiger partial charge is 0.321 e. The Kier molecular flexibility index (Phi) is 7.18. The Bertz CT molecular complexity index is 1220. The number of nitrogens with one attached hydrogen (secondary N) is 1. The molecule has 0 aliphatic heterocycles. The quantitative estimate of drug-likeness (QED) is 0.245. The molecule has 1 N–H and O–H groups in total. The van der Waals surface area contributed by atoms with Crippen LogP contribution >= 0.6 is 47.1 Å². The fraction of sp³-hybridized carbons (Fsp3) is 0.0909. The van der Waals surface area contributed by atoms with Crippen molar-refractivity contribution >= 4 is 58.7 Å². The Labute approximate surface area is 197 Å². The zero-order valence-corrected chi connectivity index (χ0v) is 19.8. The minimum atomic E-state index is -0.189. The summed E-state index contributed by atoms with van der Waals surface area (Å²) in [5.41, 5.74) is 3.29. The van der Waals surface area contributed by atoms with E-state index in [4.69, 9.17) is 12.2 Å². The molecule has 2 aromatic heterocycles. The molecular weight excluding hydrogens is 465 g/mol. The molecule has 5 nitrogen and oxygen atoms in total. The van der Waals surface area contributed by atoms with Crippen molar-refractivity contribution in [2.24, 2.45) is 0 Å². The highest BCUT2D eigenvalue weighted by atomic mass is 32.2. The van der Waals surface area contributed by atoms with Crippen molar-refractivity contribution in [2.45, 2.75) is 15.1 Å². The molecule has 0 saturated heterocycles. The summed E-state index contributed by atoms with van der Waals surface area (Å²) in [5, 5.41) is 8.40. The normalized spacial score (nSPS) is 10.7. The minimum Gasteiger partial charge on any atom is -0.321 e. The molecule has 9 heteroatoms. The Morgan fingerprint density at radius 2 is 1.87 bits per heavy atom. The number of amides is 1. The highest BCUT2D eigenvalue weighted by Crippen LogP contribution is 2.27. The molecule has 4 rings (SSSR count). The van der Waals surface area contributed by atoms with Gasteiger partial charge in [0.15, 0.2) is 8.29 Å². The molecule has 0 radical (unpaired) electrons. The highest BCUT2D eigenvalue weighted by molar-refractivity contribution is 8.00. The summed E-state index contributed by atoms with van der Waals surface area (Å²) in [7, 11) is 0. The topological polar surface area (TPSA) is 59.8 Å². The van der Waals surface area contributed by atoms with Gasteiger partial charge in [-0.3, -0.25) is 4.79 Å². The van der Waals surface area contributed by atoms with E-state index in [1.54, 1.807) is 46.5 Å². The molecule has 0 unspecified atom stereocenters. The van der Waals surface area contributed by atoms with Gasteiger partial charge in [-0.05, 0) is 60.4 Å². The molecule has 0 fully saturated rings. The summed E-state index contributed by atoms with van der Waals surface area (Å²) in [6.07, 6.45) is 3.61. The summed E-state index contributed by atoms with van der Waals surface area (Å²) >= 11 is 10.2. The van der Waals surface area contributed by atoms with Crippen LogP contribution in [0.5, 0.6) is 0 Å². The average molecular weight is 483 g/mol. The van der Waals surface area contributed by atoms with Crippen molar-refractivity contribution in [3.8, 4) is 5.69 Å². The third-order valence-corrected chi connectivity index (χ3v) is 7.41. The molecule has 2 aromatic carbocycles.